The minimum Gasteiger partial charge on any atom is -0.480 e. The number of hydrogen-bond acceptors (Lipinski definition) is 4. The minimum atomic E-state index is -1.12. The van der Waals surface area contributed by atoms with Gasteiger partial charge in [0, 0.05) is 6.07 Å². The number of aryl methyl sites for hydroxylation is 2. The van der Waals surface area contributed by atoms with Crippen molar-refractivity contribution in [1.29, 1.82) is 0 Å². The number of benzene rings is 1. The second kappa shape index (κ2) is 7.33. The Morgan fingerprint density at radius 2 is 1.92 bits per heavy atom. The molecular weight excluding hydrogens is 313 g/mol. The number of aliphatic carboxylic acids is 1. The van der Waals surface area contributed by atoms with Gasteiger partial charge in [-0.25, -0.2) is 19.2 Å². The van der Waals surface area contributed by atoms with Crippen LogP contribution in [0.1, 0.15) is 47.9 Å². The molecule has 7 heteroatoms. The van der Waals surface area contributed by atoms with Crippen LogP contribution in [-0.4, -0.2) is 33.0 Å². The number of carbonyl (C=O) groups is 2. The fourth-order valence-electron chi connectivity index (χ4n) is 2.37. The van der Waals surface area contributed by atoms with E-state index in [9.17, 15) is 19.1 Å². The number of halogens is 1. The van der Waals surface area contributed by atoms with E-state index in [1.165, 1.54) is 6.07 Å². The van der Waals surface area contributed by atoms with Crippen molar-refractivity contribution in [3.8, 4) is 0 Å². The first-order chi connectivity index (χ1) is 11.3. The Bertz CT molecular complexity index is 792. The van der Waals surface area contributed by atoms with Gasteiger partial charge in [0.1, 0.15) is 17.4 Å². The van der Waals surface area contributed by atoms with E-state index in [1.807, 2.05) is 6.92 Å². The maximum Gasteiger partial charge on any atom is 0.326 e. The predicted octanol–water partition coefficient (Wildman–Crippen LogP) is 2.76. The van der Waals surface area contributed by atoms with Gasteiger partial charge in [0.05, 0.1) is 22.5 Å². The molecule has 6 nitrogen and oxygen atoms in total. The number of carboxylic acids is 1. The Balaban J connectivity index is 2.41. The summed E-state index contributed by atoms with van der Waals surface area (Å²) in [6, 6.07) is 1.24. The van der Waals surface area contributed by atoms with Gasteiger partial charge in [-0.1, -0.05) is 19.8 Å². The summed E-state index contributed by atoms with van der Waals surface area (Å²) in [5.74, 6) is -2.40. The van der Waals surface area contributed by atoms with Crippen molar-refractivity contribution < 1.29 is 19.1 Å². The Kier molecular flexibility index (Phi) is 5.43. The van der Waals surface area contributed by atoms with Gasteiger partial charge in [-0.15, -0.1) is 0 Å². The molecule has 0 fully saturated rings. The van der Waals surface area contributed by atoms with E-state index in [-0.39, 0.29) is 16.6 Å². The standard InChI is InChI=1S/C17H20FN3O3/c1-4-5-6-13(17(23)24)21-16(22)12-7-11(18)8-14-15(12)20-10(3)9(2)19-14/h7-8,13H,4-6H2,1-3H3,(H,21,22)(H,23,24). The van der Waals surface area contributed by atoms with E-state index in [1.54, 1.807) is 13.8 Å². The summed E-state index contributed by atoms with van der Waals surface area (Å²) in [6.07, 6.45) is 1.79. The Morgan fingerprint density at radius 1 is 1.25 bits per heavy atom. The molecule has 0 saturated heterocycles. The Hall–Kier alpha value is -2.57. The third-order valence-electron chi connectivity index (χ3n) is 3.84. The van der Waals surface area contributed by atoms with Crippen LogP contribution in [0.5, 0.6) is 0 Å². The van der Waals surface area contributed by atoms with E-state index < -0.39 is 23.7 Å². The average Bonchev–Trinajstić information content (AvgIpc) is 2.51. The molecule has 1 amide bonds. The highest BCUT2D eigenvalue weighted by atomic mass is 19.1. The lowest BCUT2D eigenvalue weighted by Gasteiger charge is -2.15. The maximum atomic E-state index is 13.8. The number of aromatic nitrogens is 2. The second-order valence-electron chi connectivity index (χ2n) is 5.72. The van der Waals surface area contributed by atoms with E-state index in [4.69, 9.17) is 0 Å². The van der Waals surface area contributed by atoms with Crippen LogP contribution in [0.3, 0.4) is 0 Å². The first-order valence-electron chi connectivity index (χ1n) is 7.81. The van der Waals surface area contributed by atoms with Crippen LogP contribution in [0.15, 0.2) is 12.1 Å². The van der Waals surface area contributed by atoms with Crippen LogP contribution < -0.4 is 5.32 Å². The average molecular weight is 333 g/mol. The number of carbonyl (C=O) groups excluding carboxylic acids is 1. The second-order valence-corrected chi connectivity index (χ2v) is 5.72. The molecular formula is C17H20FN3O3. The molecule has 0 spiro atoms. The van der Waals surface area contributed by atoms with Crippen molar-refractivity contribution in [2.24, 2.45) is 0 Å². The molecule has 2 N–H and O–H groups in total. The molecule has 0 aliphatic rings. The summed E-state index contributed by atoms with van der Waals surface area (Å²) in [7, 11) is 0. The zero-order valence-electron chi connectivity index (χ0n) is 13.9. The van der Waals surface area contributed by atoms with Crippen LogP contribution in [0.2, 0.25) is 0 Å². The molecule has 0 aliphatic heterocycles. The van der Waals surface area contributed by atoms with Crippen LogP contribution in [0.25, 0.3) is 11.0 Å². The van der Waals surface area contributed by atoms with Crippen molar-refractivity contribution >= 4 is 22.9 Å². The molecule has 1 aromatic carbocycles. The summed E-state index contributed by atoms with van der Waals surface area (Å²) in [5, 5.41) is 11.7. The summed E-state index contributed by atoms with van der Waals surface area (Å²) >= 11 is 0. The molecule has 0 saturated carbocycles. The molecule has 1 aromatic heterocycles. The number of amides is 1. The Morgan fingerprint density at radius 3 is 2.54 bits per heavy atom. The molecule has 2 aromatic rings. The van der Waals surface area contributed by atoms with Crippen molar-refractivity contribution in [2.45, 2.75) is 46.1 Å². The third-order valence-corrected chi connectivity index (χ3v) is 3.84. The first kappa shape index (κ1) is 17.8. The number of rotatable bonds is 6. The van der Waals surface area contributed by atoms with E-state index in [0.29, 0.717) is 24.2 Å². The first-order valence-corrected chi connectivity index (χ1v) is 7.81. The minimum absolute atomic E-state index is 0.0108. The van der Waals surface area contributed by atoms with Gasteiger partial charge in [0.2, 0.25) is 0 Å². The molecule has 1 unspecified atom stereocenters. The molecule has 0 bridgehead atoms. The number of unbranched alkanes of at least 4 members (excludes halogenated alkanes) is 1. The largest absolute Gasteiger partial charge is 0.480 e. The molecule has 0 radical (unpaired) electrons. The molecule has 24 heavy (non-hydrogen) atoms. The number of nitrogens with zero attached hydrogens (tertiary/aromatic N) is 2. The summed E-state index contributed by atoms with van der Waals surface area (Å²) in [5.41, 5.74) is 1.79. The zero-order chi connectivity index (χ0) is 17.9. The van der Waals surface area contributed by atoms with Gasteiger partial charge in [-0.2, -0.15) is 0 Å². The molecule has 1 atom stereocenters. The number of nitrogens with one attached hydrogen (secondary N) is 1. The summed E-state index contributed by atoms with van der Waals surface area (Å²) in [6.45, 7) is 5.42. The van der Waals surface area contributed by atoms with Gasteiger partial charge in [-0.3, -0.25) is 4.79 Å². The predicted molar refractivity (Wildman–Crippen MR) is 87.4 cm³/mol. The lowest BCUT2D eigenvalue weighted by Crippen LogP contribution is -2.40. The fraction of sp³-hybridized carbons (Fsp3) is 0.412. The van der Waals surface area contributed by atoms with Crippen LogP contribution in [0, 0.1) is 19.7 Å². The summed E-state index contributed by atoms with van der Waals surface area (Å²) in [4.78, 5) is 32.3. The highest BCUT2D eigenvalue weighted by Crippen LogP contribution is 2.19. The number of hydrogen-bond donors (Lipinski definition) is 2. The van der Waals surface area contributed by atoms with Crippen molar-refractivity contribution in [1.82, 2.24) is 15.3 Å². The van der Waals surface area contributed by atoms with Gasteiger partial charge in [0.25, 0.3) is 5.91 Å². The van der Waals surface area contributed by atoms with Gasteiger partial charge in [0.15, 0.2) is 0 Å². The van der Waals surface area contributed by atoms with Gasteiger partial charge < -0.3 is 10.4 Å². The highest BCUT2D eigenvalue weighted by molar-refractivity contribution is 6.05. The van der Waals surface area contributed by atoms with Crippen LogP contribution in [-0.2, 0) is 4.79 Å². The number of fused-ring (bicyclic) bond motifs is 1. The maximum absolute atomic E-state index is 13.8. The van der Waals surface area contributed by atoms with E-state index in [2.05, 4.69) is 15.3 Å². The third kappa shape index (κ3) is 3.84. The van der Waals surface area contributed by atoms with Crippen molar-refractivity contribution in [2.75, 3.05) is 0 Å². The SMILES string of the molecule is CCCCC(NC(=O)c1cc(F)cc2nc(C)c(C)nc12)C(=O)O. The molecule has 2 rings (SSSR count). The lowest BCUT2D eigenvalue weighted by atomic mass is 10.1. The number of carboxylic acid groups (broad SMARTS) is 1. The van der Waals surface area contributed by atoms with Crippen LogP contribution >= 0.6 is 0 Å². The monoisotopic (exact) mass is 333 g/mol. The van der Waals surface area contributed by atoms with Gasteiger partial charge >= 0.3 is 5.97 Å². The normalized spacial score (nSPS) is 12.2. The van der Waals surface area contributed by atoms with E-state index >= 15 is 0 Å². The smallest absolute Gasteiger partial charge is 0.326 e. The van der Waals surface area contributed by atoms with Crippen molar-refractivity contribution in [3.63, 3.8) is 0 Å². The molecule has 0 aliphatic carbocycles. The Labute approximate surface area is 139 Å². The van der Waals surface area contributed by atoms with Crippen LogP contribution in [0.4, 0.5) is 4.39 Å². The zero-order valence-corrected chi connectivity index (χ0v) is 13.9. The van der Waals surface area contributed by atoms with Crippen molar-refractivity contribution in [3.05, 3.63) is 34.9 Å². The quantitative estimate of drug-likeness (QED) is 0.848. The van der Waals surface area contributed by atoms with E-state index in [0.717, 1.165) is 12.5 Å². The highest BCUT2D eigenvalue weighted by Gasteiger charge is 2.22. The van der Waals surface area contributed by atoms with Gasteiger partial charge in [-0.05, 0) is 26.3 Å². The fourth-order valence-corrected chi connectivity index (χ4v) is 2.37. The topological polar surface area (TPSA) is 92.2 Å². The summed E-state index contributed by atoms with van der Waals surface area (Å²) < 4.78 is 13.8. The lowest BCUT2D eigenvalue weighted by molar-refractivity contribution is -0.139. The molecule has 1 heterocycles. The molecule has 128 valence electrons.